The van der Waals surface area contributed by atoms with Gasteiger partial charge in [-0.3, -0.25) is 0 Å². The van der Waals surface area contributed by atoms with Gasteiger partial charge in [-0.05, 0) is 18.6 Å². The largest absolute Gasteiger partial charge is 0.478 e. The highest BCUT2D eigenvalue weighted by molar-refractivity contribution is 9.09. The Morgan fingerprint density at radius 3 is 2.20 bits per heavy atom. The minimum Gasteiger partial charge on any atom is -0.478 e. The summed E-state index contributed by atoms with van der Waals surface area (Å²) >= 11 is 3.09. The lowest BCUT2D eigenvalue weighted by Crippen LogP contribution is -2.33. The summed E-state index contributed by atoms with van der Waals surface area (Å²) in [4.78, 5) is 23.4. The number of aliphatic carboxylic acids is 2. The molecule has 0 spiro atoms. The maximum Gasteiger partial charge on any atom is 0.416 e. The summed E-state index contributed by atoms with van der Waals surface area (Å²) < 4.78 is 40.2. The zero-order valence-corrected chi connectivity index (χ0v) is 14.4. The summed E-state index contributed by atoms with van der Waals surface area (Å²) in [7, 11) is 0. The molecule has 3 N–H and O–H groups in total. The van der Waals surface area contributed by atoms with Gasteiger partial charge in [-0.1, -0.05) is 34.1 Å². The molecule has 9 heteroatoms. The van der Waals surface area contributed by atoms with Gasteiger partial charge in [0.2, 0.25) is 0 Å². The SMILES string of the molecule is CC1=C(C(=O)O)C(c2ccccc2C(F)(F)F)C(C(=O)O)=C(CBr)N1. The quantitative estimate of drug-likeness (QED) is 0.650. The zero-order valence-electron chi connectivity index (χ0n) is 12.8. The molecule has 2 rings (SSSR count). The molecule has 0 radical (unpaired) electrons. The van der Waals surface area contributed by atoms with Crippen molar-refractivity contribution in [3.05, 3.63) is 57.9 Å². The van der Waals surface area contributed by atoms with E-state index in [-0.39, 0.29) is 16.7 Å². The van der Waals surface area contributed by atoms with E-state index in [9.17, 15) is 33.0 Å². The van der Waals surface area contributed by atoms with Crippen LogP contribution >= 0.6 is 15.9 Å². The van der Waals surface area contributed by atoms with Crippen LogP contribution in [0.1, 0.15) is 24.0 Å². The van der Waals surface area contributed by atoms with Crippen LogP contribution in [0.25, 0.3) is 0 Å². The molecule has 1 aromatic carbocycles. The van der Waals surface area contributed by atoms with Gasteiger partial charge < -0.3 is 15.5 Å². The molecule has 1 unspecified atom stereocenters. The van der Waals surface area contributed by atoms with Crippen molar-refractivity contribution in [3.63, 3.8) is 0 Å². The van der Waals surface area contributed by atoms with Crippen LogP contribution in [-0.4, -0.2) is 27.5 Å². The van der Waals surface area contributed by atoms with Crippen molar-refractivity contribution in [3.8, 4) is 0 Å². The van der Waals surface area contributed by atoms with Crippen molar-refractivity contribution < 1.29 is 33.0 Å². The standard InChI is InChI=1S/C16H13BrF3NO4/c1-7-11(14(22)23)12(13(15(24)25)10(6-17)21-7)8-4-2-3-5-9(8)16(18,19)20/h2-5,12,21H,6H2,1H3,(H,22,23)(H,24,25). The Kier molecular flexibility index (Phi) is 5.26. The molecular formula is C16H13BrF3NO4. The molecule has 1 aliphatic rings. The fourth-order valence-corrected chi connectivity index (χ4v) is 3.30. The Bertz CT molecular complexity index is 799. The summed E-state index contributed by atoms with van der Waals surface area (Å²) in [6.07, 6.45) is -4.75. The number of alkyl halides is 4. The summed E-state index contributed by atoms with van der Waals surface area (Å²) in [5.41, 5.74) is -2.15. The van der Waals surface area contributed by atoms with Gasteiger partial charge >= 0.3 is 18.1 Å². The Balaban J connectivity index is 2.85. The van der Waals surface area contributed by atoms with E-state index in [0.29, 0.717) is 0 Å². The highest BCUT2D eigenvalue weighted by atomic mass is 79.9. The number of rotatable bonds is 4. The van der Waals surface area contributed by atoms with Crippen molar-refractivity contribution in [1.82, 2.24) is 5.32 Å². The number of halogens is 4. The maximum atomic E-state index is 13.4. The number of hydrogen-bond donors (Lipinski definition) is 3. The summed E-state index contributed by atoms with van der Waals surface area (Å²) in [5.74, 6) is -4.53. The van der Waals surface area contributed by atoms with Crippen molar-refractivity contribution >= 4 is 27.9 Å². The lowest BCUT2D eigenvalue weighted by molar-refractivity contribution is -0.139. The lowest BCUT2D eigenvalue weighted by atomic mass is 9.78. The molecule has 134 valence electrons. The molecule has 0 bridgehead atoms. The number of carboxylic acids is 2. The third-order valence-electron chi connectivity index (χ3n) is 3.82. The van der Waals surface area contributed by atoms with Gasteiger partial charge in [0, 0.05) is 16.7 Å². The van der Waals surface area contributed by atoms with Crippen LogP contribution in [0.2, 0.25) is 0 Å². The zero-order chi connectivity index (χ0) is 18.9. The van der Waals surface area contributed by atoms with E-state index in [0.717, 1.165) is 12.1 Å². The second-order valence-electron chi connectivity index (χ2n) is 5.32. The smallest absolute Gasteiger partial charge is 0.416 e. The van der Waals surface area contributed by atoms with Gasteiger partial charge in [0.1, 0.15) is 0 Å². The fourth-order valence-electron chi connectivity index (χ4n) is 2.86. The highest BCUT2D eigenvalue weighted by Gasteiger charge is 2.42. The topological polar surface area (TPSA) is 86.6 Å². The number of carbonyl (C=O) groups is 2. The van der Waals surface area contributed by atoms with Crippen molar-refractivity contribution in [2.24, 2.45) is 0 Å². The Morgan fingerprint density at radius 1 is 1.16 bits per heavy atom. The summed E-state index contributed by atoms with van der Waals surface area (Å²) in [5, 5.41) is 21.7. The van der Waals surface area contributed by atoms with Crippen LogP contribution in [0.5, 0.6) is 0 Å². The van der Waals surface area contributed by atoms with Crippen LogP contribution in [0.15, 0.2) is 46.8 Å². The third-order valence-corrected chi connectivity index (χ3v) is 4.38. The van der Waals surface area contributed by atoms with Crippen LogP contribution in [0.3, 0.4) is 0 Å². The fraction of sp³-hybridized carbons (Fsp3) is 0.250. The average Bonchev–Trinajstić information content (AvgIpc) is 2.52. The number of allylic oxidation sites excluding steroid dienone is 2. The van der Waals surface area contributed by atoms with Crippen LogP contribution in [0.4, 0.5) is 13.2 Å². The monoisotopic (exact) mass is 419 g/mol. The molecule has 1 aliphatic heterocycles. The Morgan fingerprint density at radius 2 is 1.72 bits per heavy atom. The predicted octanol–water partition coefficient (Wildman–Crippen LogP) is 3.48. The third kappa shape index (κ3) is 3.55. The van der Waals surface area contributed by atoms with E-state index >= 15 is 0 Å². The van der Waals surface area contributed by atoms with E-state index in [1.165, 1.54) is 19.1 Å². The molecule has 1 aromatic rings. The minimum atomic E-state index is -4.75. The molecule has 0 saturated carbocycles. The first kappa shape index (κ1) is 19.0. The van der Waals surface area contributed by atoms with Gasteiger partial charge in [0.25, 0.3) is 0 Å². The molecule has 0 aliphatic carbocycles. The number of hydrogen-bond acceptors (Lipinski definition) is 3. The lowest BCUT2D eigenvalue weighted by Gasteiger charge is -2.30. The first-order valence-corrected chi connectivity index (χ1v) is 8.11. The van der Waals surface area contributed by atoms with E-state index in [2.05, 4.69) is 21.2 Å². The molecular weight excluding hydrogens is 407 g/mol. The number of benzene rings is 1. The number of dihydropyridines is 1. The van der Waals surface area contributed by atoms with Crippen molar-refractivity contribution in [2.45, 2.75) is 19.0 Å². The highest BCUT2D eigenvalue weighted by Crippen LogP contribution is 2.43. The van der Waals surface area contributed by atoms with E-state index in [4.69, 9.17) is 0 Å². The molecule has 0 saturated heterocycles. The second kappa shape index (κ2) is 6.91. The van der Waals surface area contributed by atoms with Gasteiger partial charge in [-0.25, -0.2) is 9.59 Å². The van der Waals surface area contributed by atoms with Crippen molar-refractivity contribution in [2.75, 3.05) is 5.33 Å². The summed E-state index contributed by atoms with van der Waals surface area (Å²) in [6, 6.07) is 4.39. The molecule has 25 heavy (non-hydrogen) atoms. The van der Waals surface area contributed by atoms with Gasteiger partial charge in [0.15, 0.2) is 0 Å². The van der Waals surface area contributed by atoms with Crippen LogP contribution < -0.4 is 5.32 Å². The number of carboxylic acid groups (broad SMARTS) is 2. The van der Waals surface area contributed by atoms with Crippen LogP contribution in [-0.2, 0) is 15.8 Å². The first-order valence-electron chi connectivity index (χ1n) is 6.99. The molecule has 0 aromatic heterocycles. The Hall–Kier alpha value is -2.29. The van der Waals surface area contributed by atoms with E-state index < -0.39 is 46.3 Å². The average molecular weight is 420 g/mol. The van der Waals surface area contributed by atoms with E-state index in [1.54, 1.807) is 0 Å². The van der Waals surface area contributed by atoms with Gasteiger partial charge in [-0.15, -0.1) is 0 Å². The van der Waals surface area contributed by atoms with Gasteiger partial charge in [-0.2, -0.15) is 13.2 Å². The predicted molar refractivity (Wildman–Crippen MR) is 86.1 cm³/mol. The number of nitrogens with one attached hydrogen (secondary N) is 1. The normalized spacial score (nSPS) is 18.2. The Labute approximate surface area is 149 Å². The molecule has 0 fully saturated rings. The molecule has 1 atom stereocenters. The first-order chi connectivity index (χ1) is 11.6. The minimum absolute atomic E-state index is 0.0174. The molecule has 0 amide bonds. The molecule has 5 nitrogen and oxygen atoms in total. The molecule has 1 heterocycles. The van der Waals surface area contributed by atoms with E-state index in [1.807, 2.05) is 0 Å². The maximum absolute atomic E-state index is 13.4. The van der Waals surface area contributed by atoms with Crippen LogP contribution in [0, 0.1) is 0 Å². The second-order valence-corrected chi connectivity index (χ2v) is 5.88. The van der Waals surface area contributed by atoms with Gasteiger partial charge in [0.05, 0.1) is 22.6 Å². The summed E-state index contributed by atoms with van der Waals surface area (Å²) in [6.45, 7) is 1.38. The van der Waals surface area contributed by atoms with Crippen molar-refractivity contribution in [1.29, 1.82) is 0 Å².